The van der Waals surface area contributed by atoms with Gasteiger partial charge in [-0.3, -0.25) is 0 Å². The van der Waals surface area contributed by atoms with Crippen LogP contribution in [0.4, 0.5) is 0 Å². The van der Waals surface area contributed by atoms with E-state index in [2.05, 4.69) is 12.2 Å². The summed E-state index contributed by atoms with van der Waals surface area (Å²) in [6, 6.07) is 0.710. The SMILES string of the molecule is C[C@@H]1CC[C@@H]2O[C@H]2CN1. The van der Waals surface area contributed by atoms with Crippen LogP contribution < -0.4 is 5.32 Å². The second-order valence-corrected chi connectivity index (χ2v) is 3.10. The predicted molar refractivity (Wildman–Crippen MR) is 35.4 cm³/mol. The van der Waals surface area contributed by atoms with Crippen molar-refractivity contribution >= 4 is 0 Å². The molecule has 0 aliphatic carbocycles. The lowest BCUT2D eigenvalue weighted by atomic mass is 10.1. The zero-order valence-corrected chi connectivity index (χ0v) is 5.76. The minimum Gasteiger partial charge on any atom is -0.368 e. The summed E-state index contributed by atoms with van der Waals surface area (Å²) >= 11 is 0. The molecule has 0 unspecified atom stereocenters. The molecule has 0 saturated carbocycles. The number of ether oxygens (including phenoxy) is 1. The maximum atomic E-state index is 5.34. The molecule has 2 heteroatoms. The van der Waals surface area contributed by atoms with Crippen molar-refractivity contribution in [1.82, 2.24) is 5.32 Å². The number of epoxide rings is 1. The Morgan fingerprint density at radius 2 is 2.22 bits per heavy atom. The van der Waals surface area contributed by atoms with Gasteiger partial charge in [-0.25, -0.2) is 0 Å². The zero-order chi connectivity index (χ0) is 6.27. The quantitative estimate of drug-likeness (QED) is 0.480. The molecule has 9 heavy (non-hydrogen) atoms. The highest BCUT2D eigenvalue weighted by Crippen LogP contribution is 2.28. The first-order valence-corrected chi connectivity index (χ1v) is 3.75. The standard InChI is InChI=1S/C7H13NO/c1-5-2-3-6-7(9-6)4-8-5/h5-8H,2-4H2,1H3/t5-,6+,7+/m1/s1. The average Bonchev–Trinajstić information content (AvgIpc) is 2.54. The largest absolute Gasteiger partial charge is 0.368 e. The molecule has 2 nitrogen and oxygen atoms in total. The van der Waals surface area contributed by atoms with Crippen molar-refractivity contribution in [2.24, 2.45) is 0 Å². The summed E-state index contributed by atoms with van der Waals surface area (Å²) < 4.78 is 5.34. The summed E-state index contributed by atoms with van der Waals surface area (Å²) in [5.41, 5.74) is 0. The topological polar surface area (TPSA) is 24.6 Å². The van der Waals surface area contributed by atoms with Crippen LogP contribution in [-0.2, 0) is 4.74 Å². The Morgan fingerprint density at radius 3 is 3.11 bits per heavy atom. The molecule has 0 aromatic carbocycles. The Balaban J connectivity index is 1.89. The fourth-order valence-electron chi connectivity index (χ4n) is 1.45. The number of hydrogen-bond acceptors (Lipinski definition) is 2. The van der Waals surface area contributed by atoms with Crippen LogP contribution in [0.1, 0.15) is 19.8 Å². The van der Waals surface area contributed by atoms with Crippen molar-refractivity contribution in [1.29, 1.82) is 0 Å². The number of fused-ring (bicyclic) bond motifs is 1. The maximum Gasteiger partial charge on any atom is 0.0965 e. The van der Waals surface area contributed by atoms with E-state index in [0.717, 1.165) is 6.54 Å². The van der Waals surface area contributed by atoms with Gasteiger partial charge in [0.15, 0.2) is 0 Å². The van der Waals surface area contributed by atoms with Crippen LogP contribution in [0.15, 0.2) is 0 Å². The van der Waals surface area contributed by atoms with E-state index in [1.165, 1.54) is 12.8 Å². The third-order valence-corrected chi connectivity index (χ3v) is 2.24. The second kappa shape index (κ2) is 1.96. The molecule has 0 amide bonds. The van der Waals surface area contributed by atoms with E-state index in [-0.39, 0.29) is 0 Å². The Hall–Kier alpha value is -0.0800. The summed E-state index contributed by atoms with van der Waals surface area (Å²) in [6.45, 7) is 3.32. The van der Waals surface area contributed by atoms with Crippen molar-refractivity contribution in [2.75, 3.05) is 6.54 Å². The molecule has 0 bridgehead atoms. The van der Waals surface area contributed by atoms with Gasteiger partial charge >= 0.3 is 0 Å². The highest BCUT2D eigenvalue weighted by atomic mass is 16.6. The van der Waals surface area contributed by atoms with Crippen molar-refractivity contribution in [2.45, 2.75) is 38.0 Å². The molecule has 3 atom stereocenters. The van der Waals surface area contributed by atoms with Gasteiger partial charge in [-0.15, -0.1) is 0 Å². The van der Waals surface area contributed by atoms with Crippen molar-refractivity contribution in [3.05, 3.63) is 0 Å². The molecular weight excluding hydrogens is 114 g/mol. The Morgan fingerprint density at radius 1 is 1.33 bits per heavy atom. The zero-order valence-electron chi connectivity index (χ0n) is 5.76. The van der Waals surface area contributed by atoms with Gasteiger partial charge in [-0.1, -0.05) is 0 Å². The van der Waals surface area contributed by atoms with Crippen LogP contribution in [0, 0.1) is 0 Å². The summed E-state index contributed by atoms with van der Waals surface area (Å²) in [4.78, 5) is 0. The number of hydrogen-bond donors (Lipinski definition) is 1. The molecule has 0 spiro atoms. The molecule has 2 heterocycles. The van der Waals surface area contributed by atoms with Crippen molar-refractivity contribution in [3.63, 3.8) is 0 Å². The van der Waals surface area contributed by atoms with Gasteiger partial charge in [-0.05, 0) is 19.8 Å². The van der Waals surface area contributed by atoms with Gasteiger partial charge < -0.3 is 10.1 Å². The fraction of sp³-hybridized carbons (Fsp3) is 1.00. The predicted octanol–water partition coefficient (Wildman–Crippen LogP) is 0.526. The molecule has 0 aromatic rings. The third-order valence-electron chi connectivity index (χ3n) is 2.24. The van der Waals surface area contributed by atoms with E-state index in [9.17, 15) is 0 Å². The van der Waals surface area contributed by atoms with Crippen LogP contribution in [0.5, 0.6) is 0 Å². The minimum atomic E-state index is 0.565. The van der Waals surface area contributed by atoms with Crippen molar-refractivity contribution < 1.29 is 4.74 Å². The summed E-state index contributed by atoms with van der Waals surface area (Å²) in [5.74, 6) is 0. The van der Waals surface area contributed by atoms with Gasteiger partial charge in [0.25, 0.3) is 0 Å². The van der Waals surface area contributed by atoms with Gasteiger partial charge in [-0.2, -0.15) is 0 Å². The minimum absolute atomic E-state index is 0.565. The molecule has 2 fully saturated rings. The van der Waals surface area contributed by atoms with Crippen LogP contribution in [0.25, 0.3) is 0 Å². The van der Waals surface area contributed by atoms with E-state index in [4.69, 9.17) is 4.74 Å². The highest BCUT2D eigenvalue weighted by molar-refractivity contribution is 4.90. The van der Waals surface area contributed by atoms with Crippen LogP contribution >= 0.6 is 0 Å². The van der Waals surface area contributed by atoms with Gasteiger partial charge in [0, 0.05) is 12.6 Å². The first-order chi connectivity index (χ1) is 4.36. The monoisotopic (exact) mass is 127 g/mol. The second-order valence-electron chi connectivity index (χ2n) is 3.10. The highest BCUT2D eigenvalue weighted by Gasteiger charge is 2.39. The molecule has 2 aliphatic rings. The Bertz CT molecular complexity index is 99.5. The van der Waals surface area contributed by atoms with E-state index in [1.807, 2.05) is 0 Å². The van der Waals surface area contributed by atoms with Crippen LogP contribution in [-0.4, -0.2) is 24.8 Å². The smallest absolute Gasteiger partial charge is 0.0965 e. The van der Waals surface area contributed by atoms with Crippen LogP contribution in [0.2, 0.25) is 0 Å². The first-order valence-electron chi connectivity index (χ1n) is 3.75. The Kier molecular flexibility index (Phi) is 1.24. The number of nitrogens with one attached hydrogen (secondary N) is 1. The van der Waals surface area contributed by atoms with E-state index >= 15 is 0 Å². The summed E-state index contributed by atoms with van der Waals surface area (Å²) in [5, 5.41) is 3.41. The molecule has 0 aromatic heterocycles. The lowest BCUT2D eigenvalue weighted by molar-refractivity contribution is 0.324. The van der Waals surface area contributed by atoms with E-state index < -0.39 is 0 Å². The third kappa shape index (κ3) is 1.10. The normalized spacial score (nSPS) is 49.7. The molecule has 52 valence electrons. The first kappa shape index (κ1) is 5.69. The molecule has 1 N–H and O–H groups in total. The summed E-state index contributed by atoms with van der Waals surface area (Å²) in [6.07, 6.45) is 3.72. The average molecular weight is 127 g/mol. The maximum absolute atomic E-state index is 5.34. The van der Waals surface area contributed by atoms with E-state index in [1.54, 1.807) is 0 Å². The lowest BCUT2D eigenvalue weighted by Gasteiger charge is -2.08. The van der Waals surface area contributed by atoms with Gasteiger partial charge in [0.1, 0.15) is 0 Å². The molecule has 2 aliphatic heterocycles. The molecule has 2 rings (SSSR count). The number of rotatable bonds is 0. The summed E-state index contributed by atoms with van der Waals surface area (Å²) in [7, 11) is 0. The molecular formula is C7H13NO. The molecule has 2 saturated heterocycles. The lowest BCUT2D eigenvalue weighted by Crippen LogP contribution is -2.27. The van der Waals surface area contributed by atoms with Gasteiger partial charge in [0.05, 0.1) is 12.2 Å². The van der Waals surface area contributed by atoms with Gasteiger partial charge in [0.2, 0.25) is 0 Å². The molecule has 0 radical (unpaired) electrons. The fourth-order valence-corrected chi connectivity index (χ4v) is 1.45. The van der Waals surface area contributed by atoms with E-state index in [0.29, 0.717) is 18.2 Å². The van der Waals surface area contributed by atoms with Crippen molar-refractivity contribution in [3.8, 4) is 0 Å². The van der Waals surface area contributed by atoms with Crippen LogP contribution in [0.3, 0.4) is 0 Å². The Labute approximate surface area is 55.6 Å².